The molecule has 0 heterocycles. The second-order valence-electron chi connectivity index (χ2n) is 2.55. The molecule has 0 amide bonds. The van der Waals surface area contributed by atoms with E-state index in [1.54, 1.807) is 6.07 Å². The predicted molar refractivity (Wildman–Crippen MR) is 47.2 cm³/mol. The van der Waals surface area contributed by atoms with E-state index >= 15 is 0 Å². The van der Waals surface area contributed by atoms with Crippen LogP contribution in [0.3, 0.4) is 0 Å². The van der Waals surface area contributed by atoms with Crippen molar-refractivity contribution in [2.75, 3.05) is 7.11 Å². The number of ether oxygens (including phenoxy) is 1. The third kappa shape index (κ3) is 1.84. The molecule has 1 aromatic rings. The van der Waals surface area contributed by atoms with Crippen molar-refractivity contribution in [2.24, 2.45) is 0 Å². The van der Waals surface area contributed by atoms with E-state index in [1.807, 2.05) is 18.2 Å². The Morgan fingerprint density at radius 1 is 1.50 bits per heavy atom. The molecule has 0 saturated carbocycles. The number of aryl methyl sites for hydroxylation is 1. The Kier molecular flexibility index (Phi) is 2.86. The summed E-state index contributed by atoms with van der Waals surface area (Å²) in [6, 6.07) is 7.47. The van der Waals surface area contributed by atoms with Gasteiger partial charge >= 0.3 is 5.97 Å². The molecule has 1 aromatic carbocycles. The van der Waals surface area contributed by atoms with Gasteiger partial charge in [0.15, 0.2) is 0 Å². The van der Waals surface area contributed by atoms with E-state index < -0.39 is 0 Å². The highest BCUT2D eigenvalue weighted by molar-refractivity contribution is 5.89. The normalized spacial score (nSPS) is 9.50. The highest BCUT2D eigenvalue weighted by atomic mass is 16.5. The number of benzene rings is 1. The highest BCUT2D eigenvalue weighted by Crippen LogP contribution is 2.06. The lowest BCUT2D eigenvalue weighted by Crippen LogP contribution is -2.01. The first-order valence-corrected chi connectivity index (χ1v) is 3.95. The number of hydrogen-bond acceptors (Lipinski definition) is 2. The van der Waals surface area contributed by atoms with Crippen molar-refractivity contribution in [3.8, 4) is 0 Å². The number of rotatable bonds is 2. The molecule has 2 heteroatoms. The molecule has 0 aliphatic carbocycles. The summed E-state index contributed by atoms with van der Waals surface area (Å²) in [4.78, 5) is 11.1. The van der Waals surface area contributed by atoms with Crippen molar-refractivity contribution in [2.45, 2.75) is 13.3 Å². The van der Waals surface area contributed by atoms with E-state index in [0.29, 0.717) is 5.56 Å². The van der Waals surface area contributed by atoms with E-state index in [4.69, 9.17) is 0 Å². The van der Waals surface area contributed by atoms with Crippen LogP contribution < -0.4 is 0 Å². The maximum absolute atomic E-state index is 11.1. The minimum atomic E-state index is -0.273. The SMILES string of the molecule is CCc1cccc(C(=O)OC)c1. The minimum Gasteiger partial charge on any atom is -0.465 e. The molecule has 1 rings (SSSR count). The maximum atomic E-state index is 11.1. The molecule has 0 saturated heterocycles. The zero-order chi connectivity index (χ0) is 8.97. The zero-order valence-corrected chi connectivity index (χ0v) is 7.33. The van der Waals surface area contributed by atoms with Crippen LogP contribution in [0.25, 0.3) is 0 Å². The number of esters is 1. The van der Waals surface area contributed by atoms with Gasteiger partial charge in [0.25, 0.3) is 0 Å². The molecule has 0 aliphatic heterocycles. The van der Waals surface area contributed by atoms with Crippen molar-refractivity contribution in [1.29, 1.82) is 0 Å². The Morgan fingerprint density at radius 2 is 2.25 bits per heavy atom. The summed E-state index contributed by atoms with van der Waals surface area (Å²) in [6.07, 6.45) is 0.935. The molecule has 12 heavy (non-hydrogen) atoms. The molecule has 0 atom stereocenters. The second kappa shape index (κ2) is 3.90. The monoisotopic (exact) mass is 164 g/mol. The van der Waals surface area contributed by atoms with Gasteiger partial charge in [-0.25, -0.2) is 4.79 Å². The molecule has 0 spiro atoms. The van der Waals surface area contributed by atoms with Crippen molar-refractivity contribution in [3.05, 3.63) is 35.4 Å². The Morgan fingerprint density at radius 3 is 2.83 bits per heavy atom. The first-order valence-electron chi connectivity index (χ1n) is 3.95. The van der Waals surface area contributed by atoms with Crippen LogP contribution in [0.15, 0.2) is 24.3 Å². The Balaban J connectivity index is 2.93. The number of methoxy groups -OCH3 is 1. The standard InChI is InChI=1S/C10H12O2/c1-3-8-5-4-6-9(7-8)10(11)12-2/h4-7H,3H2,1-2H3. The van der Waals surface area contributed by atoms with Crippen molar-refractivity contribution in [1.82, 2.24) is 0 Å². The summed E-state index contributed by atoms with van der Waals surface area (Å²) in [5, 5.41) is 0. The average molecular weight is 164 g/mol. The first kappa shape index (κ1) is 8.78. The van der Waals surface area contributed by atoms with Gasteiger partial charge in [-0.15, -0.1) is 0 Å². The van der Waals surface area contributed by atoms with Gasteiger partial charge in [-0.05, 0) is 24.1 Å². The summed E-state index contributed by atoms with van der Waals surface area (Å²) in [5.41, 5.74) is 1.77. The van der Waals surface area contributed by atoms with Crippen molar-refractivity contribution < 1.29 is 9.53 Å². The molecule has 0 fully saturated rings. The Bertz CT molecular complexity index is 279. The minimum absolute atomic E-state index is 0.273. The molecular formula is C10H12O2. The maximum Gasteiger partial charge on any atom is 0.337 e. The second-order valence-corrected chi connectivity index (χ2v) is 2.55. The fourth-order valence-corrected chi connectivity index (χ4v) is 1.04. The van der Waals surface area contributed by atoms with Crippen molar-refractivity contribution >= 4 is 5.97 Å². The molecule has 0 aromatic heterocycles. The van der Waals surface area contributed by atoms with Gasteiger partial charge in [-0.3, -0.25) is 0 Å². The Labute approximate surface area is 72.2 Å². The molecule has 64 valence electrons. The van der Waals surface area contributed by atoms with Gasteiger partial charge < -0.3 is 4.74 Å². The fourth-order valence-electron chi connectivity index (χ4n) is 1.04. The molecule has 0 bridgehead atoms. The van der Waals surface area contributed by atoms with Crippen LogP contribution in [0, 0.1) is 0 Å². The van der Waals surface area contributed by atoms with Gasteiger partial charge in [0.1, 0.15) is 0 Å². The lowest BCUT2D eigenvalue weighted by molar-refractivity contribution is 0.0600. The smallest absolute Gasteiger partial charge is 0.337 e. The lowest BCUT2D eigenvalue weighted by Gasteiger charge is -2.00. The average Bonchev–Trinajstić information content (AvgIpc) is 2.17. The van der Waals surface area contributed by atoms with E-state index in [1.165, 1.54) is 7.11 Å². The summed E-state index contributed by atoms with van der Waals surface area (Å²) < 4.78 is 4.60. The molecule has 0 aliphatic rings. The predicted octanol–water partition coefficient (Wildman–Crippen LogP) is 2.04. The van der Waals surface area contributed by atoms with Crippen LogP contribution in [0.5, 0.6) is 0 Å². The van der Waals surface area contributed by atoms with Gasteiger partial charge in [-0.1, -0.05) is 19.1 Å². The number of hydrogen-bond donors (Lipinski definition) is 0. The van der Waals surface area contributed by atoms with Gasteiger partial charge in [0.2, 0.25) is 0 Å². The largest absolute Gasteiger partial charge is 0.465 e. The topological polar surface area (TPSA) is 26.3 Å². The first-order chi connectivity index (χ1) is 5.77. The zero-order valence-electron chi connectivity index (χ0n) is 7.33. The quantitative estimate of drug-likeness (QED) is 0.625. The molecule has 0 radical (unpaired) electrons. The number of carbonyl (C=O) groups is 1. The van der Waals surface area contributed by atoms with Gasteiger partial charge in [-0.2, -0.15) is 0 Å². The summed E-state index contributed by atoms with van der Waals surface area (Å²) in [6.45, 7) is 2.05. The van der Waals surface area contributed by atoms with E-state index in [-0.39, 0.29) is 5.97 Å². The Hall–Kier alpha value is -1.31. The summed E-state index contributed by atoms with van der Waals surface area (Å²) in [5.74, 6) is -0.273. The van der Waals surface area contributed by atoms with Crippen LogP contribution in [0.4, 0.5) is 0 Å². The summed E-state index contributed by atoms with van der Waals surface area (Å²) >= 11 is 0. The fraction of sp³-hybridized carbons (Fsp3) is 0.300. The molecular weight excluding hydrogens is 152 g/mol. The third-order valence-corrected chi connectivity index (χ3v) is 1.76. The van der Waals surface area contributed by atoms with Crippen molar-refractivity contribution in [3.63, 3.8) is 0 Å². The van der Waals surface area contributed by atoms with Gasteiger partial charge in [0, 0.05) is 0 Å². The van der Waals surface area contributed by atoms with Gasteiger partial charge in [0.05, 0.1) is 12.7 Å². The van der Waals surface area contributed by atoms with Crippen LogP contribution in [0.1, 0.15) is 22.8 Å². The van der Waals surface area contributed by atoms with E-state index in [0.717, 1.165) is 12.0 Å². The third-order valence-electron chi connectivity index (χ3n) is 1.76. The van der Waals surface area contributed by atoms with Crippen LogP contribution in [0.2, 0.25) is 0 Å². The van der Waals surface area contributed by atoms with E-state index in [2.05, 4.69) is 11.7 Å². The van der Waals surface area contributed by atoms with Crippen LogP contribution in [-0.2, 0) is 11.2 Å². The molecule has 0 unspecified atom stereocenters. The lowest BCUT2D eigenvalue weighted by atomic mass is 10.1. The highest BCUT2D eigenvalue weighted by Gasteiger charge is 2.03. The van der Waals surface area contributed by atoms with E-state index in [9.17, 15) is 4.79 Å². The van der Waals surface area contributed by atoms with Crippen LogP contribution in [-0.4, -0.2) is 13.1 Å². The molecule has 2 nitrogen and oxygen atoms in total. The molecule has 0 N–H and O–H groups in total. The van der Waals surface area contributed by atoms with Crippen LogP contribution >= 0.6 is 0 Å². The summed E-state index contributed by atoms with van der Waals surface area (Å²) in [7, 11) is 1.39. The number of carbonyl (C=O) groups excluding carboxylic acids is 1.